The first kappa shape index (κ1) is 39.8. The van der Waals surface area contributed by atoms with Gasteiger partial charge in [0, 0.05) is 22.2 Å². The summed E-state index contributed by atoms with van der Waals surface area (Å²) >= 11 is 0. The number of benzene rings is 9. The molecule has 0 spiro atoms. The van der Waals surface area contributed by atoms with Crippen molar-refractivity contribution >= 4 is 21.3 Å². The Morgan fingerprint density at radius 2 is 0.500 bits per heavy atom. The molecule has 4 aliphatic carbocycles. The zero-order valence-corrected chi connectivity index (χ0v) is 39.7. The molecule has 9 aromatic rings. The van der Waals surface area contributed by atoms with Gasteiger partial charge in [0.25, 0.3) is 0 Å². The molecule has 0 radical (unpaired) electrons. The molecule has 0 nitrogen and oxygen atoms in total. The van der Waals surface area contributed by atoms with Crippen molar-refractivity contribution in [2.75, 3.05) is 0 Å². The minimum Gasteiger partial charge on any atom is -0.0677 e. The zero-order valence-electron chi connectivity index (χ0n) is 37.7. The van der Waals surface area contributed by atoms with Crippen LogP contribution in [0.4, 0.5) is 0 Å². The normalized spacial score (nSPS) is 14.8. The second kappa shape index (κ2) is 15.8. The molecule has 4 aliphatic rings. The first-order chi connectivity index (χ1) is 32.7. The van der Waals surface area contributed by atoms with Crippen LogP contribution in [-0.2, 0) is 0 Å². The predicted molar refractivity (Wildman–Crippen MR) is 282 cm³/mol. The van der Waals surface area contributed by atoms with Gasteiger partial charge >= 0.3 is 0 Å². The molecule has 0 unspecified atom stereocenters. The third-order valence-corrected chi connectivity index (χ3v) is 28.0. The second-order valence-corrected chi connectivity index (χ2v) is 28.9. The average Bonchev–Trinajstić information content (AvgIpc) is 4.12. The largest absolute Gasteiger partial charge is 0.110 e. The maximum Gasteiger partial charge on any atom is 0.110 e. The highest BCUT2D eigenvalue weighted by Crippen LogP contribution is 2.61. The third-order valence-electron chi connectivity index (χ3n) is 16.8. The first-order valence-corrected chi connectivity index (χ1v) is 29.7. The van der Waals surface area contributed by atoms with Crippen LogP contribution in [0.5, 0.6) is 0 Å². The molecule has 0 saturated heterocycles. The fourth-order valence-corrected chi connectivity index (χ4v) is 26.9. The van der Waals surface area contributed by atoms with Gasteiger partial charge in [0.15, 0.2) is 0 Å². The van der Waals surface area contributed by atoms with E-state index in [1.165, 1.54) is 98.1 Å². The number of hydrogen-bond acceptors (Lipinski definition) is 0. The second-order valence-electron chi connectivity index (χ2n) is 19.9. The van der Waals surface area contributed by atoms with Crippen molar-refractivity contribution in [1.29, 1.82) is 0 Å². The molecular formula is C64H54Si2. The number of unbranched alkanes of at least 4 members (excludes halogenated alkanes) is 2. The lowest BCUT2D eigenvalue weighted by molar-refractivity contribution is 0.735. The topological polar surface area (TPSA) is 0 Å². The van der Waals surface area contributed by atoms with Gasteiger partial charge in [-0.05, 0) is 89.0 Å². The Bertz CT molecular complexity index is 2940. The predicted octanol–water partition coefficient (Wildman–Crippen LogP) is 16.0. The molecular weight excluding hydrogens is 825 g/mol. The Morgan fingerprint density at radius 3 is 0.803 bits per heavy atom. The molecule has 0 atom stereocenters. The maximum absolute atomic E-state index is 2.81. The third kappa shape index (κ3) is 5.81. The molecule has 66 heavy (non-hydrogen) atoms. The molecule has 13 rings (SSSR count). The SMILES string of the molecule is C[Si](CCCCC[Si](c1ccccc1)(C1c2ccccc2-c2ccccc21)C1c2ccccc2-c2ccccc21)(C1c2ccccc2-c2ccccc21)C1c2ccccc2-c2ccccc21. The molecule has 0 amide bonds. The lowest BCUT2D eigenvalue weighted by Gasteiger charge is -2.45. The van der Waals surface area contributed by atoms with Crippen molar-refractivity contribution in [3.8, 4) is 44.5 Å². The van der Waals surface area contributed by atoms with E-state index in [1.54, 1.807) is 27.4 Å². The van der Waals surface area contributed by atoms with Crippen molar-refractivity contribution in [3.05, 3.63) is 269 Å². The minimum absolute atomic E-state index is 0.328. The maximum atomic E-state index is 2.81. The van der Waals surface area contributed by atoms with E-state index in [0.717, 1.165) is 0 Å². The summed E-state index contributed by atoms with van der Waals surface area (Å²) in [5.74, 6) is 0. The van der Waals surface area contributed by atoms with Crippen molar-refractivity contribution in [2.45, 2.75) is 60.1 Å². The Hall–Kier alpha value is -6.59. The summed E-state index contributed by atoms with van der Waals surface area (Å²) in [6.07, 6.45) is 3.67. The quantitative estimate of drug-likeness (QED) is 0.0897. The minimum atomic E-state index is -2.64. The molecule has 0 fully saturated rings. The van der Waals surface area contributed by atoms with Crippen LogP contribution >= 0.6 is 0 Å². The van der Waals surface area contributed by atoms with Gasteiger partial charge in [-0.2, -0.15) is 0 Å². The van der Waals surface area contributed by atoms with Crippen molar-refractivity contribution in [1.82, 2.24) is 0 Å². The smallest absolute Gasteiger partial charge is 0.0677 e. The van der Waals surface area contributed by atoms with Gasteiger partial charge in [-0.3, -0.25) is 0 Å². The first-order valence-electron chi connectivity index (χ1n) is 24.5. The van der Waals surface area contributed by atoms with Crippen LogP contribution in [-0.4, -0.2) is 16.1 Å². The molecule has 0 bridgehead atoms. The van der Waals surface area contributed by atoms with E-state index in [0.29, 0.717) is 22.2 Å². The Labute approximate surface area is 392 Å². The molecule has 2 heteroatoms. The van der Waals surface area contributed by atoms with Gasteiger partial charge in [0.05, 0.1) is 8.07 Å². The number of rotatable bonds is 11. The van der Waals surface area contributed by atoms with E-state index >= 15 is 0 Å². The summed E-state index contributed by atoms with van der Waals surface area (Å²) in [4.78, 5) is 0. The molecule has 318 valence electrons. The van der Waals surface area contributed by atoms with Crippen molar-refractivity contribution in [3.63, 3.8) is 0 Å². The zero-order chi connectivity index (χ0) is 43.8. The molecule has 0 N–H and O–H groups in total. The summed E-state index contributed by atoms with van der Waals surface area (Å²) in [7, 11) is -4.91. The summed E-state index contributed by atoms with van der Waals surface area (Å²) < 4.78 is 0. The highest BCUT2D eigenvalue weighted by atomic mass is 28.3. The van der Waals surface area contributed by atoms with Gasteiger partial charge < -0.3 is 0 Å². The van der Waals surface area contributed by atoms with E-state index < -0.39 is 16.1 Å². The van der Waals surface area contributed by atoms with Gasteiger partial charge in [-0.15, -0.1) is 0 Å². The Balaban J connectivity index is 0.938. The van der Waals surface area contributed by atoms with E-state index in [4.69, 9.17) is 0 Å². The molecule has 9 aromatic carbocycles. The fourth-order valence-electron chi connectivity index (χ4n) is 14.4. The average molecular weight is 879 g/mol. The summed E-state index contributed by atoms with van der Waals surface area (Å²) in [6.45, 7) is 2.81. The van der Waals surface area contributed by atoms with Crippen molar-refractivity contribution in [2.24, 2.45) is 0 Å². The summed E-state index contributed by atoms with van der Waals surface area (Å²) in [6, 6.07) is 90.0. The number of fused-ring (bicyclic) bond motifs is 12. The van der Waals surface area contributed by atoms with E-state index in [1.807, 2.05) is 0 Å². The van der Waals surface area contributed by atoms with E-state index in [2.05, 4.69) is 231 Å². The van der Waals surface area contributed by atoms with Crippen LogP contribution in [0.2, 0.25) is 18.6 Å². The van der Waals surface area contributed by atoms with Crippen LogP contribution in [0, 0.1) is 0 Å². The number of hydrogen-bond donors (Lipinski definition) is 0. The lowest BCUT2D eigenvalue weighted by atomic mass is 10.1. The standard InChI is InChI=1S/C64H54Si2/c1-65(61-53-34-14-6-26-45(53)46-27-7-15-35-54(46)61,62-55-36-16-8-28-47(55)48-29-9-17-37-56(48)62)42-22-3-23-43-66(44-24-4-2-5-25-44,63-57-38-18-10-30-49(57)50-31-11-19-39-58(50)63)64-59-40-20-12-32-51(59)52-33-13-21-41-60(52)64/h2,4-21,24-41,61-64H,3,22-23,42-43H2,1H3. The monoisotopic (exact) mass is 878 g/mol. The molecule has 0 heterocycles. The van der Waals surface area contributed by atoms with E-state index in [-0.39, 0.29) is 0 Å². The molecule has 0 saturated carbocycles. The highest BCUT2D eigenvalue weighted by Gasteiger charge is 2.56. The summed E-state index contributed by atoms with van der Waals surface area (Å²) in [5.41, 5.74) is 25.4. The van der Waals surface area contributed by atoms with Crippen molar-refractivity contribution < 1.29 is 0 Å². The fraction of sp³-hybridized carbons (Fsp3) is 0.156. The Kier molecular flexibility index (Phi) is 9.51. The molecule has 0 aromatic heterocycles. The van der Waals surface area contributed by atoms with Gasteiger partial charge in [0.2, 0.25) is 0 Å². The van der Waals surface area contributed by atoms with E-state index in [9.17, 15) is 0 Å². The molecule has 0 aliphatic heterocycles. The summed E-state index contributed by atoms with van der Waals surface area (Å²) in [5, 5.41) is 1.59. The van der Waals surface area contributed by atoms with Crippen LogP contribution < -0.4 is 5.19 Å². The highest BCUT2D eigenvalue weighted by molar-refractivity contribution is 6.95. The van der Waals surface area contributed by atoms with Crippen LogP contribution in [0.1, 0.15) is 85.9 Å². The van der Waals surface area contributed by atoms with Gasteiger partial charge in [0.1, 0.15) is 8.07 Å². The van der Waals surface area contributed by atoms with Gasteiger partial charge in [-0.1, -0.05) is 268 Å². The van der Waals surface area contributed by atoms with Crippen LogP contribution in [0.25, 0.3) is 44.5 Å². The Morgan fingerprint density at radius 1 is 0.258 bits per heavy atom. The van der Waals surface area contributed by atoms with Crippen LogP contribution in [0.3, 0.4) is 0 Å². The van der Waals surface area contributed by atoms with Crippen LogP contribution in [0.15, 0.2) is 224 Å². The lowest BCUT2D eigenvalue weighted by Crippen LogP contribution is -2.58. The van der Waals surface area contributed by atoms with Gasteiger partial charge in [-0.25, -0.2) is 0 Å².